The molecule has 1 aromatic heterocycles. The maximum absolute atomic E-state index is 12.6. The number of Topliss-reactive ketones (excluding diaryl/α,β-unsaturated/α-hetero) is 1. The van der Waals surface area contributed by atoms with Crippen molar-refractivity contribution in [1.82, 2.24) is 14.8 Å². The second-order valence-electron chi connectivity index (χ2n) is 7.44. The van der Waals surface area contributed by atoms with E-state index in [4.69, 9.17) is 0 Å². The molecule has 1 saturated heterocycles. The minimum absolute atomic E-state index is 0.156. The molecule has 0 radical (unpaired) electrons. The number of hydrogen-bond acceptors (Lipinski definition) is 5. The molecule has 2 fully saturated rings. The van der Waals surface area contributed by atoms with E-state index in [9.17, 15) is 4.79 Å². The van der Waals surface area contributed by atoms with Gasteiger partial charge in [-0.3, -0.25) is 9.36 Å². The third kappa shape index (κ3) is 3.65. The summed E-state index contributed by atoms with van der Waals surface area (Å²) in [7, 11) is 0. The second-order valence-corrected chi connectivity index (χ2v) is 8.38. The van der Waals surface area contributed by atoms with Crippen molar-refractivity contribution in [2.75, 3.05) is 23.7 Å². The quantitative estimate of drug-likeness (QED) is 0.563. The molecule has 2 aromatic rings. The third-order valence-electron chi connectivity index (χ3n) is 5.36. The van der Waals surface area contributed by atoms with Crippen LogP contribution in [0.25, 0.3) is 0 Å². The molecule has 1 aliphatic carbocycles. The number of carbonyl (C=O) groups is 1. The molecule has 0 unspecified atom stereocenters. The Bertz CT molecular complexity index is 806. The molecule has 138 valence electrons. The lowest BCUT2D eigenvalue weighted by Gasteiger charge is -2.27. The number of rotatable bonds is 6. The Balaban J connectivity index is 1.48. The zero-order chi connectivity index (χ0) is 18.1. The van der Waals surface area contributed by atoms with Crippen LogP contribution >= 0.6 is 11.8 Å². The van der Waals surface area contributed by atoms with Crippen LogP contribution in [0, 0.1) is 13.8 Å². The zero-order valence-electron chi connectivity index (χ0n) is 15.6. The summed E-state index contributed by atoms with van der Waals surface area (Å²) in [6.07, 6.45) is 6.14. The molecule has 0 amide bonds. The maximum Gasteiger partial charge on any atom is 0.228 e. The van der Waals surface area contributed by atoms with Gasteiger partial charge in [0.1, 0.15) is 0 Å². The van der Waals surface area contributed by atoms with Gasteiger partial charge >= 0.3 is 0 Å². The summed E-state index contributed by atoms with van der Waals surface area (Å²) in [5.74, 6) is 1.57. The van der Waals surface area contributed by atoms with Gasteiger partial charge in [-0.05, 0) is 63.1 Å². The first-order valence-corrected chi connectivity index (χ1v) is 10.5. The van der Waals surface area contributed by atoms with Gasteiger partial charge in [0.2, 0.25) is 5.95 Å². The third-order valence-corrected chi connectivity index (χ3v) is 6.30. The van der Waals surface area contributed by atoms with Crippen LogP contribution < -0.4 is 4.90 Å². The summed E-state index contributed by atoms with van der Waals surface area (Å²) in [6.45, 7) is 6.25. The standard InChI is InChI=1S/C20H26N4OS/c1-14-6-7-16(12-15(14)2)18(25)13-26-20-22-21-19(24(20)17-8-9-17)23-10-4-3-5-11-23/h6-7,12,17H,3-5,8-11,13H2,1-2H3. The number of aromatic nitrogens is 3. The molecule has 0 N–H and O–H groups in total. The van der Waals surface area contributed by atoms with E-state index in [1.807, 2.05) is 25.1 Å². The van der Waals surface area contributed by atoms with E-state index in [2.05, 4.69) is 26.6 Å². The summed E-state index contributed by atoms with van der Waals surface area (Å²) in [5.41, 5.74) is 3.16. The first-order chi connectivity index (χ1) is 12.6. The normalized spacial score (nSPS) is 17.5. The topological polar surface area (TPSA) is 51.0 Å². The molecule has 0 atom stereocenters. The van der Waals surface area contributed by atoms with Gasteiger partial charge in [0.15, 0.2) is 10.9 Å². The Morgan fingerprint density at radius 1 is 1.12 bits per heavy atom. The van der Waals surface area contributed by atoms with Gasteiger partial charge in [0, 0.05) is 24.7 Å². The van der Waals surface area contributed by atoms with E-state index < -0.39 is 0 Å². The Labute approximate surface area is 159 Å². The average Bonchev–Trinajstić information content (AvgIpc) is 3.41. The van der Waals surface area contributed by atoms with Gasteiger partial charge in [-0.15, -0.1) is 10.2 Å². The van der Waals surface area contributed by atoms with E-state index in [0.29, 0.717) is 11.8 Å². The zero-order valence-corrected chi connectivity index (χ0v) is 16.4. The van der Waals surface area contributed by atoms with E-state index in [-0.39, 0.29) is 5.78 Å². The highest BCUT2D eigenvalue weighted by molar-refractivity contribution is 7.99. The predicted molar refractivity (Wildman–Crippen MR) is 105 cm³/mol. The fourth-order valence-electron chi connectivity index (χ4n) is 3.46. The minimum atomic E-state index is 0.156. The largest absolute Gasteiger partial charge is 0.341 e. The smallest absolute Gasteiger partial charge is 0.228 e. The average molecular weight is 371 g/mol. The highest BCUT2D eigenvalue weighted by Crippen LogP contribution is 2.41. The van der Waals surface area contributed by atoms with Crippen molar-refractivity contribution in [3.8, 4) is 0 Å². The molecule has 5 nitrogen and oxygen atoms in total. The van der Waals surface area contributed by atoms with Crippen molar-refractivity contribution < 1.29 is 4.79 Å². The van der Waals surface area contributed by atoms with Crippen molar-refractivity contribution in [3.63, 3.8) is 0 Å². The number of anilines is 1. The van der Waals surface area contributed by atoms with Crippen LogP contribution in [0.1, 0.15) is 59.6 Å². The summed E-state index contributed by atoms with van der Waals surface area (Å²) < 4.78 is 2.28. The van der Waals surface area contributed by atoms with Crippen LogP contribution in [0.4, 0.5) is 5.95 Å². The van der Waals surface area contributed by atoms with E-state index in [1.54, 1.807) is 0 Å². The molecule has 26 heavy (non-hydrogen) atoms. The molecule has 2 aliphatic rings. The lowest BCUT2D eigenvalue weighted by atomic mass is 10.0. The number of ketones is 1. The Kier molecular flexibility index (Phi) is 5.02. The van der Waals surface area contributed by atoms with Gasteiger partial charge in [-0.2, -0.15) is 0 Å². The van der Waals surface area contributed by atoms with Crippen LogP contribution in [0.15, 0.2) is 23.4 Å². The van der Waals surface area contributed by atoms with E-state index in [0.717, 1.165) is 35.3 Å². The van der Waals surface area contributed by atoms with Crippen molar-refractivity contribution >= 4 is 23.5 Å². The minimum Gasteiger partial charge on any atom is -0.341 e. The number of nitrogens with zero attached hydrogens (tertiary/aromatic N) is 4. The molecule has 1 saturated carbocycles. The number of hydrogen-bond donors (Lipinski definition) is 0. The molecule has 0 spiro atoms. The van der Waals surface area contributed by atoms with Crippen LogP contribution in [-0.2, 0) is 0 Å². The van der Waals surface area contributed by atoms with Gasteiger partial charge in [0.05, 0.1) is 5.75 Å². The highest BCUT2D eigenvalue weighted by atomic mass is 32.2. The van der Waals surface area contributed by atoms with Crippen LogP contribution in [-0.4, -0.2) is 39.4 Å². The Hall–Kier alpha value is -1.82. The molecule has 4 rings (SSSR count). The van der Waals surface area contributed by atoms with Crippen molar-refractivity contribution in [1.29, 1.82) is 0 Å². The highest BCUT2D eigenvalue weighted by Gasteiger charge is 2.32. The summed E-state index contributed by atoms with van der Waals surface area (Å²) >= 11 is 1.53. The maximum atomic E-state index is 12.6. The number of thioether (sulfide) groups is 1. The van der Waals surface area contributed by atoms with Crippen LogP contribution in [0.2, 0.25) is 0 Å². The summed E-state index contributed by atoms with van der Waals surface area (Å²) in [4.78, 5) is 15.0. The number of carbonyl (C=O) groups excluding carboxylic acids is 1. The van der Waals surface area contributed by atoms with E-state index >= 15 is 0 Å². The van der Waals surface area contributed by atoms with Crippen molar-refractivity contribution in [2.24, 2.45) is 0 Å². The number of benzene rings is 1. The van der Waals surface area contributed by atoms with Gasteiger partial charge in [0.25, 0.3) is 0 Å². The molecule has 1 aliphatic heterocycles. The van der Waals surface area contributed by atoms with Crippen molar-refractivity contribution in [3.05, 3.63) is 34.9 Å². The van der Waals surface area contributed by atoms with Crippen LogP contribution in [0.5, 0.6) is 0 Å². The monoisotopic (exact) mass is 370 g/mol. The number of aryl methyl sites for hydroxylation is 2. The Morgan fingerprint density at radius 2 is 1.88 bits per heavy atom. The van der Waals surface area contributed by atoms with Crippen LogP contribution in [0.3, 0.4) is 0 Å². The van der Waals surface area contributed by atoms with E-state index in [1.165, 1.54) is 49.4 Å². The van der Waals surface area contributed by atoms with Gasteiger partial charge in [-0.25, -0.2) is 0 Å². The molecule has 1 aromatic carbocycles. The molecular weight excluding hydrogens is 344 g/mol. The summed E-state index contributed by atoms with van der Waals surface area (Å²) in [6, 6.07) is 6.45. The van der Waals surface area contributed by atoms with Crippen molar-refractivity contribution in [2.45, 2.75) is 57.1 Å². The second kappa shape index (κ2) is 7.43. The lowest BCUT2D eigenvalue weighted by molar-refractivity contribution is 0.102. The van der Waals surface area contributed by atoms with Gasteiger partial charge < -0.3 is 4.90 Å². The first kappa shape index (κ1) is 17.6. The molecular formula is C20H26N4OS. The fourth-order valence-corrected chi connectivity index (χ4v) is 4.35. The first-order valence-electron chi connectivity index (χ1n) is 9.56. The lowest BCUT2D eigenvalue weighted by Crippen LogP contribution is -2.31. The SMILES string of the molecule is Cc1ccc(C(=O)CSc2nnc(N3CCCCC3)n2C2CC2)cc1C. The van der Waals surface area contributed by atoms with Gasteiger partial charge in [-0.1, -0.05) is 23.9 Å². The molecule has 6 heteroatoms. The fraction of sp³-hybridized carbons (Fsp3) is 0.550. The molecule has 2 heterocycles. The summed E-state index contributed by atoms with van der Waals surface area (Å²) in [5, 5.41) is 9.81. The molecule has 0 bridgehead atoms. The number of piperidine rings is 1. The Morgan fingerprint density at radius 3 is 2.58 bits per heavy atom. The predicted octanol–water partition coefficient (Wildman–Crippen LogP) is 4.20.